The van der Waals surface area contributed by atoms with E-state index in [1.165, 1.54) is 5.56 Å². The minimum absolute atomic E-state index is 0.436. The molecular weight excluding hydrogens is 404 g/mol. The van der Waals surface area contributed by atoms with Gasteiger partial charge in [0.25, 0.3) is 0 Å². The van der Waals surface area contributed by atoms with Crippen LogP contribution in [0.15, 0.2) is 41.2 Å². The Balaban J connectivity index is 2.04. The van der Waals surface area contributed by atoms with Crippen LogP contribution in [-0.4, -0.2) is 39.5 Å². The minimum Gasteiger partial charge on any atom is -0.497 e. The Kier molecular flexibility index (Phi) is 6.86. The third-order valence-electron chi connectivity index (χ3n) is 6.33. The number of hydrogen-bond donors (Lipinski definition) is 1. The van der Waals surface area contributed by atoms with Gasteiger partial charge in [0.1, 0.15) is 11.4 Å². The van der Waals surface area contributed by atoms with E-state index in [-0.39, 0.29) is 0 Å². The number of aryl methyl sites for hydroxylation is 1. The number of nitrogens with one attached hydrogen (secondary N) is 1. The summed E-state index contributed by atoms with van der Waals surface area (Å²) in [4.78, 5) is 5.23. The lowest BCUT2D eigenvalue weighted by Gasteiger charge is -2.33. The molecule has 0 spiro atoms. The Bertz CT molecular complexity index is 1010. The van der Waals surface area contributed by atoms with Crippen molar-refractivity contribution in [1.82, 2.24) is 10.4 Å². The Morgan fingerprint density at radius 3 is 2.81 bits per heavy atom. The maximum atomic E-state index is 6.35. The summed E-state index contributed by atoms with van der Waals surface area (Å²) in [5, 5.41) is 7.87. The monoisotopic (exact) mass is 436 g/mol. The van der Waals surface area contributed by atoms with Gasteiger partial charge in [0.15, 0.2) is 0 Å². The standard InChI is InChI=1S/C25H32N4O3/c1-17(28-29-26-2)22-23(18-9-7-10-19(15-18)31-4)20-11-5-6-12-21(20)27-24(22)25(16-30-3)13-8-14-32-25/h7,9-10,15H,1,5-6,8,11-14,16H2,2-4H3,(H,26,28). The first-order valence-electron chi connectivity index (χ1n) is 11.2. The Hall–Kier alpha value is -2.77. The summed E-state index contributed by atoms with van der Waals surface area (Å²) in [6, 6.07) is 8.17. The molecule has 1 aliphatic heterocycles. The van der Waals surface area contributed by atoms with Crippen LogP contribution in [0.1, 0.15) is 48.2 Å². The zero-order valence-electron chi connectivity index (χ0n) is 19.2. The third kappa shape index (κ3) is 4.14. The van der Waals surface area contributed by atoms with Crippen molar-refractivity contribution in [1.29, 1.82) is 0 Å². The molecule has 32 heavy (non-hydrogen) atoms. The number of aromatic nitrogens is 1. The lowest BCUT2D eigenvalue weighted by atomic mass is 9.81. The molecule has 7 nitrogen and oxygen atoms in total. The van der Waals surface area contributed by atoms with Crippen molar-refractivity contribution in [2.45, 2.75) is 44.1 Å². The molecule has 1 saturated heterocycles. The second-order valence-electron chi connectivity index (χ2n) is 8.34. The Morgan fingerprint density at radius 1 is 1.25 bits per heavy atom. The maximum absolute atomic E-state index is 6.35. The van der Waals surface area contributed by atoms with Crippen molar-refractivity contribution in [2.75, 3.05) is 34.5 Å². The minimum atomic E-state index is -0.613. The van der Waals surface area contributed by atoms with E-state index in [0.717, 1.165) is 72.4 Å². The molecule has 2 heterocycles. The Labute approximate surface area is 189 Å². The molecule has 0 amide bonds. The van der Waals surface area contributed by atoms with Crippen LogP contribution < -0.4 is 10.2 Å². The number of pyridine rings is 1. The lowest BCUT2D eigenvalue weighted by Crippen LogP contribution is -2.34. The van der Waals surface area contributed by atoms with Gasteiger partial charge < -0.3 is 14.2 Å². The molecule has 1 aromatic heterocycles. The van der Waals surface area contributed by atoms with Crippen LogP contribution in [-0.2, 0) is 27.9 Å². The number of rotatable bonds is 8. The van der Waals surface area contributed by atoms with Crippen LogP contribution in [0.25, 0.3) is 16.8 Å². The van der Waals surface area contributed by atoms with Gasteiger partial charge in [0.05, 0.1) is 32.2 Å². The number of benzene rings is 1. The van der Waals surface area contributed by atoms with Crippen molar-refractivity contribution >= 4 is 5.70 Å². The molecule has 0 bridgehead atoms. The van der Waals surface area contributed by atoms with E-state index in [1.54, 1.807) is 21.3 Å². The van der Waals surface area contributed by atoms with Gasteiger partial charge in [-0.05, 0) is 67.3 Å². The van der Waals surface area contributed by atoms with Gasteiger partial charge in [0, 0.05) is 25.0 Å². The highest BCUT2D eigenvalue weighted by atomic mass is 16.5. The van der Waals surface area contributed by atoms with Crippen molar-refractivity contribution in [3.8, 4) is 16.9 Å². The molecule has 4 rings (SSSR count). The third-order valence-corrected chi connectivity index (χ3v) is 6.33. The molecule has 1 atom stereocenters. The second-order valence-corrected chi connectivity index (χ2v) is 8.34. The topological polar surface area (TPSA) is 77.3 Å². The van der Waals surface area contributed by atoms with Gasteiger partial charge >= 0.3 is 0 Å². The molecule has 1 fully saturated rings. The summed E-state index contributed by atoms with van der Waals surface area (Å²) >= 11 is 0. The van der Waals surface area contributed by atoms with Gasteiger partial charge in [-0.15, -0.1) is 0 Å². The van der Waals surface area contributed by atoms with Crippen LogP contribution >= 0.6 is 0 Å². The lowest BCUT2D eigenvalue weighted by molar-refractivity contribution is -0.0592. The maximum Gasteiger partial charge on any atom is 0.134 e. The molecule has 1 N–H and O–H groups in total. The fourth-order valence-corrected chi connectivity index (χ4v) is 4.93. The van der Waals surface area contributed by atoms with Gasteiger partial charge in [-0.3, -0.25) is 10.4 Å². The van der Waals surface area contributed by atoms with E-state index in [9.17, 15) is 0 Å². The molecule has 0 radical (unpaired) electrons. The van der Waals surface area contributed by atoms with E-state index in [2.05, 4.69) is 34.5 Å². The second kappa shape index (κ2) is 9.79. The predicted molar refractivity (Wildman–Crippen MR) is 125 cm³/mol. The number of fused-ring (bicyclic) bond motifs is 1. The van der Waals surface area contributed by atoms with E-state index < -0.39 is 5.60 Å². The average Bonchev–Trinajstić information content (AvgIpc) is 3.31. The largest absolute Gasteiger partial charge is 0.497 e. The van der Waals surface area contributed by atoms with Gasteiger partial charge in [0.2, 0.25) is 0 Å². The zero-order chi connectivity index (χ0) is 22.6. The van der Waals surface area contributed by atoms with Gasteiger partial charge in [-0.2, -0.15) is 5.11 Å². The van der Waals surface area contributed by atoms with E-state index in [4.69, 9.17) is 19.2 Å². The first-order valence-corrected chi connectivity index (χ1v) is 11.2. The van der Waals surface area contributed by atoms with Gasteiger partial charge in [-0.25, -0.2) is 0 Å². The number of ether oxygens (including phenoxy) is 3. The fraction of sp³-hybridized carbons (Fsp3) is 0.480. The van der Waals surface area contributed by atoms with Gasteiger partial charge in [-0.1, -0.05) is 23.9 Å². The van der Waals surface area contributed by atoms with Crippen LogP contribution in [0, 0.1) is 0 Å². The summed E-state index contributed by atoms with van der Waals surface area (Å²) in [6.07, 6.45) is 6.01. The van der Waals surface area contributed by atoms with Crippen LogP contribution in [0.2, 0.25) is 0 Å². The van der Waals surface area contributed by atoms with Crippen molar-refractivity contribution in [3.05, 3.63) is 53.4 Å². The molecule has 1 aliphatic carbocycles. The highest BCUT2D eigenvalue weighted by Gasteiger charge is 2.42. The SMILES string of the molecule is C=C(NN=NC)c1c(C2(COC)CCCO2)nc2c(c1-c1cccc(OC)c1)CCCC2. The highest BCUT2D eigenvalue weighted by molar-refractivity contribution is 5.85. The van der Waals surface area contributed by atoms with E-state index >= 15 is 0 Å². The number of nitrogens with zero attached hydrogens (tertiary/aromatic N) is 3. The smallest absolute Gasteiger partial charge is 0.134 e. The molecular formula is C25H32N4O3. The quantitative estimate of drug-likeness (QED) is 0.473. The number of hydrogen-bond acceptors (Lipinski definition) is 6. The molecule has 7 heteroatoms. The fourth-order valence-electron chi connectivity index (χ4n) is 4.93. The predicted octanol–water partition coefficient (Wildman–Crippen LogP) is 4.85. The molecule has 1 unspecified atom stereocenters. The molecule has 2 aromatic rings. The highest BCUT2D eigenvalue weighted by Crippen LogP contribution is 2.45. The molecule has 0 saturated carbocycles. The Morgan fingerprint density at radius 2 is 2.09 bits per heavy atom. The summed E-state index contributed by atoms with van der Waals surface area (Å²) in [5.74, 6) is 0.812. The first-order chi connectivity index (χ1) is 15.6. The average molecular weight is 437 g/mol. The first kappa shape index (κ1) is 22.4. The molecule has 2 aliphatic rings. The summed E-state index contributed by atoms with van der Waals surface area (Å²) in [5.41, 5.74) is 9.45. The summed E-state index contributed by atoms with van der Waals surface area (Å²) in [7, 11) is 5.03. The van der Waals surface area contributed by atoms with Crippen LogP contribution in [0.3, 0.4) is 0 Å². The number of methoxy groups -OCH3 is 2. The normalized spacial score (nSPS) is 20.3. The van der Waals surface area contributed by atoms with Crippen molar-refractivity contribution in [2.24, 2.45) is 10.3 Å². The van der Waals surface area contributed by atoms with E-state index in [1.807, 2.05) is 12.1 Å². The summed E-state index contributed by atoms with van der Waals surface area (Å²) < 4.78 is 17.5. The van der Waals surface area contributed by atoms with Crippen LogP contribution in [0.4, 0.5) is 0 Å². The van der Waals surface area contributed by atoms with Crippen molar-refractivity contribution < 1.29 is 14.2 Å². The van der Waals surface area contributed by atoms with Crippen molar-refractivity contribution in [3.63, 3.8) is 0 Å². The molecule has 170 valence electrons. The molecule has 1 aromatic carbocycles. The summed E-state index contributed by atoms with van der Waals surface area (Å²) in [6.45, 7) is 5.45. The van der Waals surface area contributed by atoms with E-state index in [0.29, 0.717) is 18.9 Å². The zero-order valence-corrected chi connectivity index (χ0v) is 19.2. The van der Waals surface area contributed by atoms with Crippen LogP contribution in [0.5, 0.6) is 5.75 Å².